The number of nitrogen functional groups attached to an aromatic ring is 1. The van der Waals surface area contributed by atoms with Gasteiger partial charge in [0.15, 0.2) is 0 Å². The highest BCUT2D eigenvalue weighted by molar-refractivity contribution is 7.84. The van der Waals surface area contributed by atoms with Gasteiger partial charge in [-0.1, -0.05) is 6.92 Å². The third-order valence-electron chi connectivity index (χ3n) is 2.81. The topological polar surface area (TPSA) is 94.3 Å². The molecule has 0 aliphatic rings. The van der Waals surface area contributed by atoms with Gasteiger partial charge >= 0.3 is 5.97 Å². The fraction of sp³-hybridized carbons (Fsp3) is 0.500. The van der Waals surface area contributed by atoms with Crippen LogP contribution in [0.2, 0.25) is 0 Å². The van der Waals surface area contributed by atoms with Gasteiger partial charge in [0, 0.05) is 35.0 Å². The first-order valence-electron chi connectivity index (χ1n) is 5.86. The molecule has 0 aliphatic carbocycles. The van der Waals surface area contributed by atoms with Crippen molar-refractivity contribution in [3.63, 3.8) is 0 Å². The van der Waals surface area contributed by atoms with E-state index in [0.717, 1.165) is 6.42 Å². The van der Waals surface area contributed by atoms with Gasteiger partial charge in [-0.25, -0.2) is 9.78 Å². The summed E-state index contributed by atoms with van der Waals surface area (Å²) in [5.74, 6) is -0.0528. The first-order valence-corrected chi connectivity index (χ1v) is 7.48. The summed E-state index contributed by atoms with van der Waals surface area (Å²) in [6.07, 6.45) is 3.90. The van der Waals surface area contributed by atoms with E-state index in [9.17, 15) is 9.00 Å². The first-order chi connectivity index (χ1) is 8.97. The summed E-state index contributed by atoms with van der Waals surface area (Å²) >= 11 is 0. The number of pyridine rings is 1. The van der Waals surface area contributed by atoms with Gasteiger partial charge in [0.25, 0.3) is 0 Å². The van der Waals surface area contributed by atoms with E-state index < -0.39 is 16.8 Å². The fourth-order valence-electron chi connectivity index (χ4n) is 1.46. The molecule has 0 aliphatic heterocycles. The van der Waals surface area contributed by atoms with Gasteiger partial charge < -0.3 is 15.8 Å². The molecule has 2 unspecified atom stereocenters. The Kier molecular flexibility index (Phi) is 5.75. The maximum atomic E-state index is 11.5. The second-order valence-electron chi connectivity index (χ2n) is 4.14. The van der Waals surface area contributed by atoms with Gasteiger partial charge in [-0.2, -0.15) is 0 Å². The number of esters is 1. The highest BCUT2D eigenvalue weighted by Crippen LogP contribution is 2.20. The van der Waals surface area contributed by atoms with Crippen molar-refractivity contribution >= 4 is 28.3 Å². The van der Waals surface area contributed by atoms with E-state index in [1.54, 1.807) is 6.26 Å². The van der Waals surface area contributed by atoms with Crippen LogP contribution >= 0.6 is 0 Å². The monoisotopic (exact) mass is 285 g/mol. The van der Waals surface area contributed by atoms with Crippen molar-refractivity contribution in [3.8, 4) is 0 Å². The number of anilines is 2. The molecule has 1 rings (SSSR count). The highest BCUT2D eigenvalue weighted by Gasteiger charge is 2.14. The minimum absolute atomic E-state index is 0.0949. The van der Waals surface area contributed by atoms with Crippen LogP contribution < -0.4 is 11.1 Å². The Bertz CT molecular complexity index is 479. The molecule has 19 heavy (non-hydrogen) atoms. The van der Waals surface area contributed by atoms with E-state index in [1.807, 2.05) is 6.92 Å². The quantitative estimate of drug-likeness (QED) is 0.758. The third-order valence-corrected chi connectivity index (χ3v) is 4.17. The summed E-state index contributed by atoms with van der Waals surface area (Å²) in [5, 5.41) is 3.13. The van der Waals surface area contributed by atoms with E-state index in [2.05, 4.69) is 15.0 Å². The van der Waals surface area contributed by atoms with Gasteiger partial charge in [-0.15, -0.1) is 0 Å². The number of nitrogens with zero attached hydrogens (tertiary/aromatic N) is 1. The van der Waals surface area contributed by atoms with Crippen molar-refractivity contribution in [2.45, 2.75) is 18.6 Å². The van der Waals surface area contributed by atoms with Crippen LogP contribution in [0.5, 0.6) is 0 Å². The number of carbonyl (C=O) groups excluding carboxylic acids is 1. The summed E-state index contributed by atoms with van der Waals surface area (Å²) in [5.41, 5.74) is 6.40. The summed E-state index contributed by atoms with van der Waals surface area (Å²) in [6, 6.07) is 1.51. The summed E-state index contributed by atoms with van der Waals surface area (Å²) in [6.45, 7) is 2.50. The van der Waals surface area contributed by atoms with Crippen LogP contribution in [0.15, 0.2) is 12.3 Å². The molecule has 7 heteroatoms. The number of methoxy groups -OCH3 is 1. The van der Waals surface area contributed by atoms with Crippen molar-refractivity contribution in [2.75, 3.05) is 31.0 Å². The number of ether oxygens (including phenoxy) is 1. The number of aromatic nitrogens is 1. The molecule has 0 fully saturated rings. The Balaban J connectivity index is 2.69. The normalized spacial score (nSPS) is 13.6. The van der Waals surface area contributed by atoms with Gasteiger partial charge in [0.1, 0.15) is 5.82 Å². The Hall–Kier alpha value is -1.63. The van der Waals surface area contributed by atoms with Crippen LogP contribution in [-0.2, 0) is 15.5 Å². The number of nitrogens with two attached hydrogens (primary N) is 1. The van der Waals surface area contributed by atoms with Gasteiger partial charge in [-0.3, -0.25) is 4.21 Å². The van der Waals surface area contributed by atoms with Gasteiger partial charge in [0.2, 0.25) is 0 Å². The SMILES string of the molecule is COC(=O)c1ccnc(NCCC(C)S(C)=O)c1N. The van der Waals surface area contributed by atoms with Crippen LogP contribution in [0.3, 0.4) is 0 Å². The van der Waals surface area contributed by atoms with E-state index in [-0.39, 0.29) is 16.5 Å². The second-order valence-corrected chi connectivity index (χ2v) is 5.94. The molecule has 0 amide bonds. The second kappa shape index (κ2) is 7.08. The van der Waals surface area contributed by atoms with Crippen molar-refractivity contribution in [1.82, 2.24) is 4.98 Å². The van der Waals surface area contributed by atoms with Crippen molar-refractivity contribution in [1.29, 1.82) is 0 Å². The highest BCUT2D eigenvalue weighted by atomic mass is 32.2. The average Bonchev–Trinajstić information content (AvgIpc) is 2.39. The molecule has 1 aromatic rings. The van der Waals surface area contributed by atoms with Crippen LogP contribution in [-0.4, -0.2) is 40.3 Å². The number of hydrogen-bond donors (Lipinski definition) is 2. The molecule has 6 nitrogen and oxygen atoms in total. The Labute approximate surface area is 115 Å². The molecule has 1 heterocycles. The molecular weight excluding hydrogens is 266 g/mol. The molecule has 0 radical (unpaired) electrons. The van der Waals surface area contributed by atoms with Crippen molar-refractivity contribution < 1.29 is 13.7 Å². The van der Waals surface area contributed by atoms with Crippen molar-refractivity contribution in [3.05, 3.63) is 17.8 Å². The molecule has 106 valence electrons. The molecule has 0 saturated carbocycles. The van der Waals surface area contributed by atoms with E-state index in [4.69, 9.17) is 5.73 Å². The number of nitrogens with one attached hydrogen (secondary N) is 1. The standard InChI is InChI=1S/C12H19N3O3S/c1-8(19(3)17)4-6-14-11-10(13)9(5-7-15-11)12(16)18-2/h5,7-8H,4,6,13H2,1-3H3,(H,14,15). The number of hydrogen-bond acceptors (Lipinski definition) is 6. The molecule has 0 spiro atoms. The lowest BCUT2D eigenvalue weighted by atomic mass is 10.2. The summed E-state index contributed by atoms with van der Waals surface area (Å²) in [7, 11) is 0.447. The predicted octanol–water partition coefficient (Wildman–Crippen LogP) is 1.02. The average molecular weight is 285 g/mol. The molecule has 0 saturated heterocycles. The van der Waals surface area contributed by atoms with Crippen LogP contribution in [0.25, 0.3) is 0 Å². The lowest BCUT2D eigenvalue weighted by Gasteiger charge is -2.12. The Morgan fingerprint density at radius 1 is 1.63 bits per heavy atom. The maximum Gasteiger partial charge on any atom is 0.340 e. The largest absolute Gasteiger partial charge is 0.465 e. The van der Waals surface area contributed by atoms with E-state index in [1.165, 1.54) is 19.4 Å². The minimum Gasteiger partial charge on any atom is -0.465 e. The van der Waals surface area contributed by atoms with E-state index in [0.29, 0.717) is 12.4 Å². The minimum atomic E-state index is -0.852. The molecule has 0 bridgehead atoms. The molecular formula is C12H19N3O3S. The predicted molar refractivity (Wildman–Crippen MR) is 76.6 cm³/mol. The molecule has 1 aromatic heterocycles. The van der Waals surface area contributed by atoms with Gasteiger partial charge in [-0.05, 0) is 12.5 Å². The lowest BCUT2D eigenvalue weighted by Crippen LogP contribution is -2.16. The Morgan fingerprint density at radius 2 is 2.32 bits per heavy atom. The summed E-state index contributed by atoms with van der Waals surface area (Å²) < 4.78 is 15.8. The lowest BCUT2D eigenvalue weighted by molar-refractivity contribution is 0.0602. The molecule has 0 aromatic carbocycles. The zero-order chi connectivity index (χ0) is 14.4. The van der Waals surface area contributed by atoms with Crippen molar-refractivity contribution in [2.24, 2.45) is 0 Å². The fourth-order valence-corrected chi connectivity index (χ4v) is 1.91. The van der Waals surface area contributed by atoms with E-state index >= 15 is 0 Å². The third kappa shape index (κ3) is 4.20. The first kappa shape index (κ1) is 15.4. The van der Waals surface area contributed by atoms with Crippen LogP contribution in [0.4, 0.5) is 11.5 Å². The number of rotatable bonds is 6. The van der Waals surface area contributed by atoms with Crippen LogP contribution in [0.1, 0.15) is 23.7 Å². The smallest absolute Gasteiger partial charge is 0.340 e. The zero-order valence-electron chi connectivity index (χ0n) is 11.3. The molecule has 3 N–H and O–H groups in total. The molecule has 2 atom stereocenters. The van der Waals surface area contributed by atoms with Crippen LogP contribution in [0, 0.1) is 0 Å². The number of carbonyl (C=O) groups is 1. The zero-order valence-corrected chi connectivity index (χ0v) is 12.1. The Morgan fingerprint density at radius 3 is 2.89 bits per heavy atom. The van der Waals surface area contributed by atoms with Gasteiger partial charge in [0.05, 0.1) is 18.4 Å². The summed E-state index contributed by atoms with van der Waals surface area (Å²) in [4.78, 5) is 15.5. The maximum absolute atomic E-state index is 11.5.